The molecule has 1 aromatic heterocycles. The maximum absolute atomic E-state index is 5.52. The third-order valence-electron chi connectivity index (χ3n) is 3.56. The van der Waals surface area contributed by atoms with Crippen molar-refractivity contribution in [3.63, 3.8) is 0 Å². The van der Waals surface area contributed by atoms with E-state index < -0.39 is 0 Å². The molecule has 2 aromatic rings. The molecule has 0 fully saturated rings. The maximum Gasteiger partial charge on any atom is 0.134 e. The Morgan fingerprint density at radius 2 is 2.05 bits per heavy atom. The minimum atomic E-state index is 0.219. The van der Waals surface area contributed by atoms with Crippen molar-refractivity contribution >= 4 is 11.3 Å². The van der Waals surface area contributed by atoms with Gasteiger partial charge in [0.05, 0.1) is 18.0 Å². The van der Waals surface area contributed by atoms with E-state index in [0.717, 1.165) is 25.1 Å². The Balaban J connectivity index is 2.33. The molecule has 2 rings (SSSR count). The zero-order chi connectivity index (χ0) is 15.1. The molecule has 1 heterocycles. The van der Waals surface area contributed by atoms with Gasteiger partial charge < -0.3 is 10.1 Å². The van der Waals surface area contributed by atoms with Gasteiger partial charge in [0.15, 0.2) is 0 Å². The molecule has 114 valence electrons. The zero-order valence-corrected chi connectivity index (χ0v) is 14.0. The minimum Gasteiger partial charge on any atom is -0.496 e. The number of nitrogens with one attached hydrogen (secondary N) is 1. The van der Waals surface area contributed by atoms with Crippen LogP contribution in [-0.2, 0) is 6.42 Å². The van der Waals surface area contributed by atoms with Crippen molar-refractivity contribution in [1.82, 2.24) is 5.32 Å². The van der Waals surface area contributed by atoms with Crippen LogP contribution in [0, 0.1) is 0 Å². The third-order valence-corrected chi connectivity index (χ3v) is 4.52. The summed E-state index contributed by atoms with van der Waals surface area (Å²) < 4.78 is 5.52. The van der Waals surface area contributed by atoms with E-state index in [2.05, 4.69) is 54.9 Å². The first-order chi connectivity index (χ1) is 10.3. The van der Waals surface area contributed by atoms with Crippen molar-refractivity contribution < 1.29 is 4.74 Å². The van der Waals surface area contributed by atoms with Crippen LogP contribution in [0.25, 0.3) is 0 Å². The molecule has 1 N–H and O–H groups in total. The molecule has 3 heteroatoms. The van der Waals surface area contributed by atoms with E-state index in [-0.39, 0.29) is 6.04 Å². The lowest BCUT2D eigenvalue weighted by atomic mass is 10.00. The van der Waals surface area contributed by atoms with Gasteiger partial charge in [0.25, 0.3) is 0 Å². The summed E-state index contributed by atoms with van der Waals surface area (Å²) in [7, 11) is 1.75. The number of methoxy groups -OCH3 is 1. The highest BCUT2D eigenvalue weighted by Crippen LogP contribution is 2.35. The van der Waals surface area contributed by atoms with Crippen molar-refractivity contribution in [2.24, 2.45) is 0 Å². The Hall–Kier alpha value is -1.32. The molecule has 1 atom stereocenters. The van der Waals surface area contributed by atoms with Crippen molar-refractivity contribution in [3.05, 3.63) is 51.7 Å². The lowest BCUT2D eigenvalue weighted by Gasteiger charge is -2.20. The van der Waals surface area contributed by atoms with Crippen LogP contribution in [0.4, 0.5) is 0 Å². The summed E-state index contributed by atoms with van der Waals surface area (Å²) in [4.78, 5) is 1.26. The van der Waals surface area contributed by atoms with E-state index in [0.29, 0.717) is 0 Å². The third kappa shape index (κ3) is 4.08. The zero-order valence-electron chi connectivity index (χ0n) is 13.2. The lowest BCUT2D eigenvalue weighted by molar-refractivity contribution is 0.407. The Morgan fingerprint density at radius 3 is 2.76 bits per heavy atom. The van der Waals surface area contributed by atoms with Gasteiger partial charge in [0, 0.05) is 0 Å². The Bertz CT molecular complexity index is 550. The second-order valence-corrected chi connectivity index (χ2v) is 6.18. The first-order valence-electron chi connectivity index (χ1n) is 7.73. The second-order valence-electron chi connectivity index (χ2n) is 5.24. The average Bonchev–Trinajstić information content (AvgIpc) is 2.97. The summed E-state index contributed by atoms with van der Waals surface area (Å²) >= 11 is 1.76. The summed E-state index contributed by atoms with van der Waals surface area (Å²) in [5.74, 6) is 0.981. The number of thiophene rings is 1. The van der Waals surface area contributed by atoms with Crippen molar-refractivity contribution in [2.45, 2.75) is 39.2 Å². The fourth-order valence-electron chi connectivity index (χ4n) is 2.56. The normalized spacial score (nSPS) is 12.3. The Labute approximate surface area is 132 Å². The van der Waals surface area contributed by atoms with Gasteiger partial charge in [-0.05, 0) is 42.0 Å². The fourth-order valence-corrected chi connectivity index (χ4v) is 3.52. The molecule has 0 saturated heterocycles. The molecule has 0 radical (unpaired) electrons. The summed E-state index contributed by atoms with van der Waals surface area (Å²) in [5, 5.41) is 5.76. The molecular formula is C18H25NOS. The quantitative estimate of drug-likeness (QED) is 0.756. The van der Waals surface area contributed by atoms with E-state index in [1.54, 1.807) is 18.4 Å². The van der Waals surface area contributed by atoms with Crippen molar-refractivity contribution in [3.8, 4) is 5.75 Å². The predicted octanol–water partition coefficient (Wildman–Crippen LogP) is 4.80. The SMILES string of the molecule is CCCNC(c1cccc(CCC)c1)c1sccc1OC. The topological polar surface area (TPSA) is 21.3 Å². The van der Waals surface area contributed by atoms with Gasteiger partial charge in [0.2, 0.25) is 0 Å². The van der Waals surface area contributed by atoms with Gasteiger partial charge in [-0.2, -0.15) is 0 Å². The first-order valence-corrected chi connectivity index (χ1v) is 8.61. The number of aryl methyl sites for hydroxylation is 1. The average molecular weight is 303 g/mol. The van der Waals surface area contributed by atoms with E-state index in [1.807, 2.05) is 0 Å². The number of benzene rings is 1. The molecule has 2 nitrogen and oxygen atoms in total. The summed E-state index contributed by atoms with van der Waals surface area (Å²) in [5.41, 5.74) is 2.74. The molecule has 0 spiro atoms. The second kappa shape index (κ2) is 8.20. The molecule has 0 amide bonds. The molecule has 0 aliphatic rings. The lowest BCUT2D eigenvalue weighted by Crippen LogP contribution is -2.23. The van der Waals surface area contributed by atoms with Crippen LogP contribution < -0.4 is 10.1 Å². The fraction of sp³-hybridized carbons (Fsp3) is 0.444. The van der Waals surface area contributed by atoms with Crippen molar-refractivity contribution in [1.29, 1.82) is 0 Å². The first kappa shape index (κ1) is 16.1. The monoisotopic (exact) mass is 303 g/mol. The van der Waals surface area contributed by atoms with Crippen LogP contribution in [-0.4, -0.2) is 13.7 Å². The van der Waals surface area contributed by atoms with Gasteiger partial charge in [-0.25, -0.2) is 0 Å². The highest BCUT2D eigenvalue weighted by molar-refractivity contribution is 7.10. The highest BCUT2D eigenvalue weighted by atomic mass is 32.1. The van der Waals surface area contributed by atoms with Crippen LogP contribution in [0.1, 0.15) is 48.7 Å². The largest absolute Gasteiger partial charge is 0.496 e. The number of rotatable bonds is 8. The van der Waals surface area contributed by atoms with Crippen LogP contribution >= 0.6 is 11.3 Å². The summed E-state index contributed by atoms with van der Waals surface area (Å²) in [6, 6.07) is 11.2. The van der Waals surface area contributed by atoms with Gasteiger partial charge in [-0.15, -0.1) is 11.3 Å². The standard InChI is InChI=1S/C18H25NOS/c1-4-7-14-8-6-9-15(13-14)17(19-11-5-2)18-16(20-3)10-12-21-18/h6,8-10,12-13,17,19H,4-5,7,11H2,1-3H3. The number of ether oxygens (including phenoxy) is 1. The predicted molar refractivity (Wildman–Crippen MR) is 91.4 cm³/mol. The molecule has 0 saturated carbocycles. The van der Waals surface area contributed by atoms with Crippen LogP contribution in [0.5, 0.6) is 5.75 Å². The van der Waals surface area contributed by atoms with E-state index in [4.69, 9.17) is 4.74 Å². The molecule has 0 aliphatic carbocycles. The number of hydrogen-bond acceptors (Lipinski definition) is 3. The smallest absolute Gasteiger partial charge is 0.134 e. The van der Waals surface area contributed by atoms with Crippen LogP contribution in [0.2, 0.25) is 0 Å². The van der Waals surface area contributed by atoms with Gasteiger partial charge in [-0.3, -0.25) is 0 Å². The molecule has 0 bridgehead atoms. The Morgan fingerprint density at radius 1 is 1.19 bits per heavy atom. The molecule has 1 unspecified atom stereocenters. The Kier molecular flexibility index (Phi) is 6.27. The van der Waals surface area contributed by atoms with Crippen LogP contribution in [0.3, 0.4) is 0 Å². The molecular weight excluding hydrogens is 278 g/mol. The minimum absolute atomic E-state index is 0.219. The van der Waals surface area contributed by atoms with Gasteiger partial charge >= 0.3 is 0 Å². The summed E-state index contributed by atoms with van der Waals surface area (Å²) in [6.45, 7) is 5.43. The highest BCUT2D eigenvalue weighted by Gasteiger charge is 2.19. The number of hydrogen-bond donors (Lipinski definition) is 1. The van der Waals surface area contributed by atoms with E-state index in [9.17, 15) is 0 Å². The summed E-state index contributed by atoms with van der Waals surface area (Å²) in [6.07, 6.45) is 3.44. The van der Waals surface area contributed by atoms with E-state index >= 15 is 0 Å². The van der Waals surface area contributed by atoms with Gasteiger partial charge in [0.1, 0.15) is 5.75 Å². The maximum atomic E-state index is 5.52. The molecule has 1 aromatic carbocycles. The van der Waals surface area contributed by atoms with Crippen LogP contribution in [0.15, 0.2) is 35.7 Å². The van der Waals surface area contributed by atoms with E-state index in [1.165, 1.54) is 22.4 Å². The molecule has 0 aliphatic heterocycles. The van der Waals surface area contributed by atoms with Gasteiger partial charge in [-0.1, -0.05) is 44.5 Å². The molecule has 21 heavy (non-hydrogen) atoms. The van der Waals surface area contributed by atoms with Crippen molar-refractivity contribution in [2.75, 3.05) is 13.7 Å².